The van der Waals surface area contributed by atoms with Gasteiger partial charge in [-0.25, -0.2) is 15.0 Å². The van der Waals surface area contributed by atoms with Crippen LogP contribution in [0.5, 0.6) is 0 Å². The quantitative estimate of drug-likeness (QED) is 0.491. The lowest BCUT2D eigenvalue weighted by Gasteiger charge is -2.25. The Bertz CT molecular complexity index is 1180. The van der Waals surface area contributed by atoms with Crippen molar-refractivity contribution in [1.82, 2.24) is 19.9 Å². The molecule has 7 heteroatoms. The van der Waals surface area contributed by atoms with E-state index < -0.39 is 0 Å². The number of aryl methyl sites for hydroxylation is 1. The zero-order valence-corrected chi connectivity index (χ0v) is 19.3. The van der Waals surface area contributed by atoms with Crippen molar-refractivity contribution in [3.8, 4) is 11.4 Å². The number of rotatable bonds is 7. The molecule has 0 N–H and O–H groups in total. The Hall–Kier alpha value is -3.61. The van der Waals surface area contributed by atoms with Gasteiger partial charge in [0, 0.05) is 37.1 Å². The summed E-state index contributed by atoms with van der Waals surface area (Å²) in [6.07, 6.45) is 7.37. The van der Waals surface area contributed by atoms with Crippen LogP contribution in [-0.4, -0.2) is 44.3 Å². The maximum Gasteiger partial charge on any atom is 0.306 e. The van der Waals surface area contributed by atoms with E-state index in [0.717, 1.165) is 30.5 Å². The Morgan fingerprint density at radius 3 is 2.56 bits per heavy atom. The van der Waals surface area contributed by atoms with E-state index in [4.69, 9.17) is 4.74 Å². The molecule has 5 rings (SSSR count). The molecule has 1 aliphatic heterocycles. The number of ether oxygens (including phenoxy) is 1. The summed E-state index contributed by atoms with van der Waals surface area (Å²) >= 11 is 0. The monoisotopic (exact) mass is 456 g/mol. The summed E-state index contributed by atoms with van der Waals surface area (Å²) < 4.78 is 5.46. The van der Waals surface area contributed by atoms with Crippen LogP contribution < -0.4 is 0 Å². The van der Waals surface area contributed by atoms with Gasteiger partial charge < -0.3 is 9.64 Å². The van der Waals surface area contributed by atoms with Gasteiger partial charge in [0.2, 0.25) is 0 Å². The highest BCUT2D eigenvalue weighted by molar-refractivity contribution is 5.98. The van der Waals surface area contributed by atoms with Crippen molar-refractivity contribution in [2.75, 3.05) is 6.54 Å². The lowest BCUT2D eigenvalue weighted by atomic mass is 10.0. The summed E-state index contributed by atoms with van der Waals surface area (Å²) in [5, 5.41) is 0. The second kappa shape index (κ2) is 9.33. The molecule has 34 heavy (non-hydrogen) atoms. The minimum Gasteiger partial charge on any atom is -0.461 e. The SMILES string of the molecule is Cc1ccc(-c2ncccn2)c(C(=O)N2CC3(CC3)C[C@H]2CCC(=O)OCc2ccccc2)n1. The van der Waals surface area contributed by atoms with Crippen LogP contribution in [-0.2, 0) is 16.1 Å². The number of amides is 1. The molecule has 0 radical (unpaired) electrons. The van der Waals surface area contributed by atoms with Gasteiger partial charge in [-0.2, -0.15) is 0 Å². The van der Waals surface area contributed by atoms with Gasteiger partial charge in [-0.1, -0.05) is 30.3 Å². The third kappa shape index (κ3) is 4.83. The van der Waals surface area contributed by atoms with Crippen LogP contribution >= 0.6 is 0 Å². The van der Waals surface area contributed by atoms with Crippen molar-refractivity contribution in [3.05, 3.63) is 77.9 Å². The molecular formula is C27H28N4O3. The Balaban J connectivity index is 1.30. The average Bonchev–Trinajstić information content (AvgIpc) is 3.53. The first kappa shape index (κ1) is 22.2. The third-order valence-electron chi connectivity index (χ3n) is 6.80. The summed E-state index contributed by atoms with van der Waals surface area (Å²) in [5.74, 6) is 0.136. The highest BCUT2D eigenvalue weighted by Crippen LogP contribution is 2.55. The fourth-order valence-corrected chi connectivity index (χ4v) is 4.77. The van der Waals surface area contributed by atoms with E-state index in [1.807, 2.05) is 54.3 Å². The number of aromatic nitrogens is 3. The van der Waals surface area contributed by atoms with Crippen LogP contribution in [0.15, 0.2) is 60.9 Å². The number of esters is 1. The van der Waals surface area contributed by atoms with Crippen LogP contribution in [0.3, 0.4) is 0 Å². The average molecular weight is 457 g/mol. The smallest absolute Gasteiger partial charge is 0.306 e. The highest BCUT2D eigenvalue weighted by Gasteiger charge is 2.53. The number of hydrogen-bond donors (Lipinski definition) is 0. The number of likely N-dealkylation sites (tertiary alicyclic amines) is 1. The van der Waals surface area contributed by atoms with Gasteiger partial charge in [-0.3, -0.25) is 9.59 Å². The predicted octanol–water partition coefficient (Wildman–Crippen LogP) is 4.37. The normalized spacial score (nSPS) is 18.1. The van der Waals surface area contributed by atoms with Gasteiger partial charge in [-0.05, 0) is 61.8 Å². The summed E-state index contributed by atoms with van der Waals surface area (Å²) in [5.41, 5.74) is 2.94. The fraction of sp³-hybridized carbons (Fsp3) is 0.370. The van der Waals surface area contributed by atoms with Gasteiger partial charge in [0.05, 0.1) is 5.56 Å². The molecule has 1 spiro atoms. The first-order valence-corrected chi connectivity index (χ1v) is 11.8. The Morgan fingerprint density at radius 1 is 1.06 bits per heavy atom. The molecule has 3 aromatic rings. The van der Waals surface area contributed by atoms with Crippen LogP contribution in [0.4, 0.5) is 0 Å². The minimum absolute atomic E-state index is 0.00821. The molecule has 2 aliphatic rings. The number of carbonyl (C=O) groups excluding carboxylic acids is 2. The molecule has 7 nitrogen and oxygen atoms in total. The van der Waals surface area contributed by atoms with Crippen molar-refractivity contribution < 1.29 is 14.3 Å². The van der Waals surface area contributed by atoms with E-state index in [9.17, 15) is 9.59 Å². The Labute approximate surface area is 199 Å². The maximum absolute atomic E-state index is 13.8. The van der Waals surface area contributed by atoms with Crippen LogP contribution in [0.1, 0.15) is 53.8 Å². The van der Waals surface area contributed by atoms with E-state index in [1.165, 1.54) is 0 Å². The molecule has 1 saturated heterocycles. The Morgan fingerprint density at radius 2 is 1.82 bits per heavy atom. The van der Waals surface area contributed by atoms with Crippen LogP contribution in [0, 0.1) is 12.3 Å². The fourth-order valence-electron chi connectivity index (χ4n) is 4.77. The van der Waals surface area contributed by atoms with Gasteiger partial charge in [0.1, 0.15) is 12.3 Å². The molecular weight excluding hydrogens is 428 g/mol. The number of benzene rings is 1. The number of pyridine rings is 1. The van der Waals surface area contributed by atoms with Crippen LogP contribution in [0.25, 0.3) is 11.4 Å². The number of hydrogen-bond acceptors (Lipinski definition) is 6. The lowest BCUT2D eigenvalue weighted by molar-refractivity contribution is -0.145. The molecule has 174 valence electrons. The molecule has 1 atom stereocenters. The standard InChI is InChI=1S/C27H28N4O3/c1-19-8-10-22(25-28-14-5-15-29-25)24(30-19)26(33)31-18-27(12-13-27)16-21(31)9-11-23(32)34-17-20-6-3-2-4-7-20/h2-8,10,14-15,21H,9,11-13,16-18H2,1H3/t21-/m1/s1. The largest absolute Gasteiger partial charge is 0.461 e. The van der Waals surface area contributed by atoms with Gasteiger partial charge in [-0.15, -0.1) is 0 Å². The van der Waals surface area contributed by atoms with Crippen molar-refractivity contribution in [2.45, 2.75) is 51.7 Å². The zero-order valence-electron chi connectivity index (χ0n) is 19.3. The summed E-state index contributed by atoms with van der Waals surface area (Å²) in [6.45, 7) is 2.85. The molecule has 1 amide bonds. The first-order valence-electron chi connectivity index (χ1n) is 11.8. The van der Waals surface area contributed by atoms with Crippen molar-refractivity contribution >= 4 is 11.9 Å². The van der Waals surface area contributed by atoms with Crippen LogP contribution in [0.2, 0.25) is 0 Å². The molecule has 1 aliphatic carbocycles. The molecule has 2 aromatic heterocycles. The Kier molecular flexibility index (Phi) is 6.09. The maximum atomic E-state index is 13.8. The highest BCUT2D eigenvalue weighted by atomic mass is 16.5. The second-order valence-electron chi connectivity index (χ2n) is 9.40. The second-order valence-corrected chi connectivity index (χ2v) is 9.40. The van der Waals surface area contributed by atoms with Gasteiger partial charge >= 0.3 is 5.97 Å². The molecule has 1 aromatic carbocycles. The zero-order chi connectivity index (χ0) is 23.5. The predicted molar refractivity (Wildman–Crippen MR) is 127 cm³/mol. The molecule has 0 bridgehead atoms. The molecule has 3 heterocycles. The molecule has 1 saturated carbocycles. The van der Waals surface area contributed by atoms with E-state index in [2.05, 4.69) is 15.0 Å². The van der Waals surface area contributed by atoms with Crippen molar-refractivity contribution in [1.29, 1.82) is 0 Å². The first-order chi connectivity index (χ1) is 16.5. The summed E-state index contributed by atoms with van der Waals surface area (Å²) in [7, 11) is 0. The summed E-state index contributed by atoms with van der Waals surface area (Å²) in [4.78, 5) is 41.4. The van der Waals surface area contributed by atoms with Gasteiger partial charge in [0.25, 0.3) is 5.91 Å². The third-order valence-corrected chi connectivity index (χ3v) is 6.80. The molecule has 2 fully saturated rings. The minimum atomic E-state index is -0.236. The van der Waals surface area contributed by atoms with Crippen molar-refractivity contribution in [2.24, 2.45) is 5.41 Å². The molecule has 0 unspecified atom stereocenters. The van der Waals surface area contributed by atoms with E-state index in [-0.39, 0.29) is 36.4 Å². The van der Waals surface area contributed by atoms with Gasteiger partial charge in [0.15, 0.2) is 5.82 Å². The van der Waals surface area contributed by atoms with E-state index in [1.54, 1.807) is 18.5 Å². The summed E-state index contributed by atoms with van der Waals surface area (Å²) in [6, 6.07) is 15.1. The lowest BCUT2D eigenvalue weighted by Crippen LogP contribution is -2.37. The van der Waals surface area contributed by atoms with E-state index >= 15 is 0 Å². The topological polar surface area (TPSA) is 85.3 Å². The van der Waals surface area contributed by atoms with E-state index in [0.29, 0.717) is 30.0 Å². The number of carbonyl (C=O) groups is 2. The van der Waals surface area contributed by atoms with Crippen molar-refractivity contribution in [3.63, 3.8) is 0 Å². The number of nitrogens with zero attached hydrogens (tertiary/aromatic N) is 4.